The van der Waals surface area contributed by atoms with Crippen molar-refractivity contribution < 1.29 is 13.0 Å². The highest BCUT2D eigenvalue weighted by Gasteiger charge is 2.47. The van der Waals surface area contributed by atoms with E-state index in [9.17, 15) is 13.0 Å². The van der Waals surface area contributed by atoms with Crippen molar-refractivity contribution >= 4 is 15.7 Å². The third-order valence-corrected chi connectivity index (χ3v) is 5.84. The molecule has 0 aromatic heterocycles. The minimum Gasteiger partial charge on any atom is -0.285 e. The van der Waals surface area contributed by atoms with Gasteiger partial charge in [0.2, 0.25) is 0 Å². The molecule has 0 radical (unpaired) electrons. The topological polar surface area (TPSA) is 54.4 Å². The molecule has 0 amide bonds. The second-order valence-electron chi connectivity index (χ2n) is 7.14. The van der Waals surface area contributed by atoms with Gasteiger partial charge in [-0.3, -0.25) is 4.55 Å². The highest BCUT2D eigenvalue weighted by molar-refractivity contribution is 7.86. The molecule has 22 heavy (non-hydrogen) atoms. The summed E-state index contributed by atoms with van der Waals surface area (Å²) in [5.41, 5.74) is 2.92. The van der Waals surface area contributed by atoms with E-state index in [2.05, 4.69) is 13.8 Å². The Morgan fingerprint density at radius 3 is 2.32 bits per heavy atom. The van der Waals surface area contributed by atoms with Gasteiger partial charge in [0.25, 0.3) is 10.1 Å². The Kier molecular flexibility index (Phi) is 4.83. The van der Waals surface area contributed by atoms with E-state index < -0.39 is 14.9 Å². The molecule has 1 aliphatic carbocycles. The summed E-state index contributed by atoms with van der Waals surface area (Å²) < 4.78 is 33.3. The fraction of sp³-hybridized carbons (Fsp3) is 0.556. The number of benzene rings is 1. The third kappa shape index (κ3) is 3.13. The van der Waals surface area contributed by atoms with Gasteiger partial charge in [-0.05, 0) is 47.8 Å². The summed E-state index contributed by atoms with van der Waals surface area (Å²) in [6.07, 6.45) is 3.70. The zero-order chi connectivity index (χ0) is 16.5. The van der Waals surface area contributed by atoms with Crippen LogP contribution in [-0.2, 0) is 14.9 Å². The molecular formula is C18H26O3S. The van der Waals surface area contributed by atoms with E-state index in [0.29, 0.717) is 18.8 Å². The number of rotatable bonds is 5. The molecule has 0 aliphatic heterocycles. The molecule has 1 unspecified atom stereocenters. The highest BCUT2D eigenvalue weighted by atomic mass is 32.2. The fourth-order valence-corrected chi connectivity index (χ4v) is 4.80. The summed E-state index contributed by atoms with van der Waals surface area (Å²) in [5.74, 6) is 0.678. The molecule has 1 atom stereocenters. The first-order valence-electron chi connectivity index (χ1n) is 7.93. The average molecular weight is 322 g/mol. The van der Waals surface area contributed by atoms with Crippen LogP contribution in [0.25, 0.3) is 5.57 Å². The van der Waals surface area contributed by atoms with Crippen molar-refractivity contribution in [1.82, 2.24) is 0 Å². The fourth-order valence-electron chi connectivity index (χ4n) is 3.50. The Labute approximate surface area is 134 Å². The van der Waals surface area contributed by atoms with Crippen LogP contribution in [0.15, 0.2) is 30.3 Å². The average Bonchev–Trinajstić information content (AvgIpc) is 2.39. The quantitative estimate of drug-likeness (QED) is 0.803. The van der Waals surface area contributed by atoms with E-state index in [4.69, 9.17) is 0 Å². The van der Waals surface area contributed by atoms with Gasteiger partial charge in [0.05, 0.1) is 0 Å². The van der Waals surface area contributed by atoms with Crippen LogP contribution in [-0.4, -0.2) is 13.0 Å². The summed E-state index contributed by atoms with van der Waals surface area (Å²) in [6, 6.07) is 7.63. The maximum atomic E-state index is 12.3. The largest absolute Gasteiger partial charge is 0.285 e. The molecule has 1 aromatic rings. The molecular weight excluding hydrogens is 296 g/mol. The zero-order valence-corrected chi connectivity index (χ0v) is 14.7. The van der Waals surface area contributed by atoms with E-state index in [-0.39, 0.29) is 5.92 Å². The van der Waals surface area contributed by atoms with Crippen molar-refractivity contribution in [2.45, 2.75) is 51.7 Å². The van der Waals surface area contributed by atoms with Gasteiger partial charge in [-0.25, -0.2) is 0 Å². The van der Waals surface area contributed by atoms with Gasteiger partial charge in [0.15, 0.2) is 0 Å². The molecule has 0 bridgehead atoms. The molecule has 0 saturated carbocycles. The number of hydrogen-bond donors (Lipinski definition) is 1. The smallest absolute Gasteiger partial charge is 0.275 e. The molecule has 0 fully saturated rings. The van der Waals surface area contributed by atoms with Crippen LogP contribution in [0.2, 0.25) is 0 Å². The second kappa shape index (κ2) is 6.17. The van der Waals surface area contributed by atoms with E-state index in [1.54, 1.807) is 0 Å². The van der Waals surface area contributed by atoms with E-state index in [1.807, 2.05) is 44.2 Å². The Bertz CT molecular complexity index is 671. The first kappa shape index (κ1) is 17.2. The van der Waals surface area contributed by atoms with Gasteiger partial charge in [-0.1, -0.05) is 58.0 Å². The van der Waals surface area contributed by atoms with Crippen molar-refractivity contribution in [1.29, 1.82) is 0 Å². The summed E-state index contributed by atoms with van der Waals surface area (Å²) in [4.78, 5) is 0. The normalized spacial score (nSPS) is 21.9. The lowest BCUT2D eigenvalue weighted by Gasteiger charge is -2.37. The van der Waals surface area contributed by atoms with Crippen molar-refractivity contribution in [3.8, 4) is 0 Å². The lowest BCUT2D eigenvalue weighted by Crippen LogP contribution is -2.39. The zero-order valence-electron chi connectivity index (χ0n) is 13.8. The Morgan fingerprint density at radius 1 is 1.14 bits per heavy atom. The molecule has 1 aliphatic rings. The maximum Gasteiger partial charge on any atom is 0.275 e. The summed E-state index contributed by atoms with van der Waals surface area (Å²) >= 11 is 0. The number of allylic oxidation sites excluding steroid dienone is 2. The van der Waals surface area contributed by atoms with Crippen LogP contribution < -0.4 is 0 Å². The molecule has 0 spiro atoms. The Morgan fingerprint density at radius 2 is 1.77 bits per heavy atom. The molecule has 1 aromatic carbocycles. The molecule has 0 saturated heterocycles. The highest BCUT2D eigenvalue weighted by Crippen LogP contribution is 2.47. The second-order valence-corrected chi connectivity index (χ2v) is 8.88. The maximum absolute atomic E-state index is 12.3. The SMILES string of the molecule is CC(C)CC1=CCC(CC(C)C)(S(=O)(=O)O)c2ccccc21. The van der Waals surface area contributed by atoms with Crippen molar-refractivity contribution in [3.63, 3.8) is 0 Å². The van der Waals surface area contributed by atoms with E-state index >= 15 is 0 Å². The summed E-state index contributed by atoms with van der Waals surface area (Å²) in [6.45, 7) is 8.29. The first-order chi connectivity index (χ1) is 10.2. The predicted molar refractivity (Wildman–Crippen MR) is 91.2 cm³/mol. The van der Waals surface area contributed by atoms with Crippen molar-refractivity contribution in [3.05, 3.63) is 41.5 Å². The van der Waals surface area contributed by atoms with Crippen LogP contribution in [0.4, 0.5) is 0 Å². The summed E-state index contributed by atoms with van der Waals surface area (Å²) in [5, 5.41) is 0. The molecule has 3 nitrogen and oxygen atoms in total. The lowest BCUT2D eigenvalue weighted by atomic mass is 9.76. The van der Waals surface area contributed by atoms with Crippen LogP contribution in [0.3, 0.4) is 0 Å². The number of hydrogen-bond acceptors (Lipinski definition) is 2. The van der Waals surface area contributed by atoms with Gasteiger partial charge >= 0.3 is 0 Å². The van der Waals surface area contributed by atoms with Gasteiger partial charge in [0, 0.05) is 0 Å². The van der Waals surface area contributed by atoms with Gasteiger partial charge in [0.1, 0.15) is 4.75 Å². The van der Waals surface area contributed by atoms with Crippen LogP contribution in [0.5, 0.6) is 0 Å². The molecule has 1 N–H and O–H groups in total. The van der Waals surface area contributed by atoms with Crippen molar-refractivity contribution in [2.75, 3.05) is 0 Å². The minimum absolute atomic E-state index is 0.176. The molecule has 2 rings (SSSR count). The van der Waals surface area contributed by atoms with E-state index in [0.717, 1.165) is 17.5 Å². The predicted octanol–water partition coefficient (Wildman–Crippen LogP) is 4.65. The van der Waals surface area contributed by atoms with Crippen LogP contribution >= 0.6 is 0 Å². The molecule has 4 heteroatoms. The summed E-state index contributed by atoms with van der Waals surface area (Å²) in [7, 11) is -4.19. The van der Waals surface area contributed by atoms with Gasteiger partial charge in [-0.15, -0.1) is 0 Å². The lowest BCUT2D eigenvalue weighted by molar-refractivity contribution is 0.376. The van der Waals surface area contributed by atoms with Crippen LogP contribution in [0, 0.1) is 11.8 Å². The van der Waals surface area contributed by atoms with Gasteiger partial charge < -0.3 is 0 Å². The monoisotopic (exact) mass is 322 g/mol. The standard InChI is InChI=1S/C18H26O3S/c1-13(2)11-15-9-10-18(12-14(3)4,22(19,20)21)17-8-6-5-7-16(15)17/h5-9,13-14H,10-12H2,1-4H3,(H,19,20,21). The first-order valence-corrected chi connectivity index (χ1v) is 9.37. The molecule has 0 heterocycles. The third-order valence-electron chi connectivity index (χ3n) is 4.30. The number of fused-ring (bicyclic) bond motifs is 1. The molecule has 122 valence electrons. The Balaban J connectivity index is 2.63. The van der Waals surface area contributed by atoms with Gasteiger partial charge in [-0.2, -0.15) is 8.42 Å². The van der Waals surface area contributed by atoms with Crippen LogP contribution in [0.1, 0.15) is 58.1 Å². The minimum atomic E-state index is -4.19. The van der Waals surface area contributed by atoms with E-state index in [1.165, 1.54) is 5.57 Å². The Hall–Kier alpha value is -1.13. The van der Waals surface area contributed by atoms with Crippen molar-refractivity contribution in [2.24, 2.45) is 11.8 Å².